The van der Waals surface area contributed by atoms with Crippen molar-refractivity contribution in [3.63, 3.8) is 0 Å². The summed E-state index contributed by atoms with van der Waals surface area (Å²) in [5, 5.41) is 1.07. The minimum absolute atomic E-state index is 0.0998. The molecule has 1 aromatic carbocycles. The van der Waals surface area contributed by atoms with Crippen LogP contribution in [0.4, 0.5) is 13.2 Å². The minimum atomic E-state index is -4.22. The summed E-state index contributed by atoms with van der Waals surface area (Å²) in [5.74, 6) is -0.0998. The quantitative estimate of drug-likeness (QED) is 0.859. The molecule has 0 aliphatic carbocycles. The molecule has 0 radical (unpaired) electrons. The molecule has 8 heteroatoms. The average molecular weight is 348 g/mol. The summed E-state index contributed by atoms with van der Waals surface area (Å²) in [5.41, 5.74) is 0.759. The summed E-state index contributed by atoms with van der Waals surface area (Å²) in [4.78, 5) is 1.30. The summed E-state index contributed by atoms with van der Waals surface area (Å²) in [7, 11) is -3.59. The van der Waals surface area contributed by atoms with Crippen LogP contribution >= 0.6 is 0 Å². The number of sulfonamides is 1. The van der Waals surface area contributed by atoms with E-state index in [9.17, 15) is 21.6 Å². The number of hydrogen-bond acceptors (Lipinski definition) is 3. The Bertz CT molecular complexity index is 630. The molecule has 2 rings (SSSR count). The Morgan fingerprint density at radius 1 is 1.26 bits per heavy atom. The van der Waals surface area contributed by atoms with Crippen LogP contribution in [0.15, 0.2) is 35.7 Å². The van der Waals surface area contributed by atoms with Gasteiger partial charge in [0.1, 0.15) is 0 Å². The fourth-order valence-electron chi connectivity index (χ4n) is 2.49. The van der Waals surface area contributed by atoms with Crippen molar-refractivity contribution < 1.29 is 21.6 Å². The van der Waals surface area contributed by atoms with E-state index in [1.54, 1.807) is 24.3 Å². The van der Waals surface area contributed by atoms with Crippen molar-refractivity contribution in [3.05, 3.63) is 41.3 Å². The van der Waals surface area contributed by atoms with Crippen LogP contribution in [0.2, 0.25) is 0 Å². The van der Waals surface area contributed by atoms with Gasteiger partial charge in [0.15, 0.2) is 0 Å². The zero-order valence-corrected chi connectivity index (χ0v) is 13.3. The maximum absolute atomic E-state index is 12.3. The summed E-state index contributed by atoms with van der Waals surface area (Å²) >= 11 is 0. The van der Waals surface area contributed by atoms with E-state index in [1.807, 2.05) is 6.07 Å². The van der Waals surface area contributed by atoms with Crippen molar-refractivity contribution in [1.29, 1.82) is 0 Å². The molecule has 1 aliphatic rings. The Kier molecular flexibility index (Phi) is 5.83. The van der Waals surface area contributed by atoms with Gasteiger partial charge in [0, 0.05) is 18.5 Å². The van der Waals surface area contributed by atoms with E-state index in [4.69, 9.17) is 0 Å². The fourth-order valence-corrected chi connectivity index (χ4v) is 3.39. The van der Waals surface area contributed by atoms with E-state index in [0.717, 1.165) is 11.0 Å². The van der Waals surface area contributed by atoms with Gasteiger partial charge >= 0.3 is 6.18 Å². The van der Waals surface area contributed by atoms with Gasteiger partial charge in [-0.05, 0) is 30.5 Å². The van der Waals surface area contributed by atoms with E-state index in [0.29, 0.717) is 13.0 Å². The highest BCUT2D eigenvalue weighted by Crippen LogP contribution is 2.22. The van der Waals surface area contributed by atoms with Crippen molar-refractivity contribution in [2.24, 2.45) is 5.92 Å². The van der Waals surface area contributed by atoms with Gasteiger partial charge in [0.25, 0.3) is 0 Å². The van der Waals surface area contributed by atoms with Crippen molar-refractivity contribution in [3.8, 4) is 0 Å². The molecule has 1 aliphatic heterocycles. The van der Waals surface area contributed by atoms with E-state index in [-0.39, 0.29) is 19.0 Å². The molecule has 1 aromatic rings. The highest BCUT2D eigenvalue weighted by Gasteiger charge is 2.34. The molecule has 1 fully saturated rings. The molecule has 23 heavy (non-hydrogen) atoms. The molecular formula is C15H19F3N2O2S. The van der Waals surface area contributed by atoms with Crippen LogP contribution < -0.4 is 4.72 Å². The Morgan fingerprint density at radius 3 is 2.61 bits per heavy atom. The summed E-state index contributed by atoms with van der Waals surface area (Å²) in [6.07, 6.45) is -2.18. The third-order valence-electron chi connectivity index (χ3n) is 3.59. The molecule has 0 spiro atoms. The summed E-state index contributed by atoms with van der Waals surface area (Å²) in [6, 6.07) is 8.98. The van der Waals surface area contributed by atoms with Crippen molar-refractivity contribution in [1.82, 2.24) is 9.62 Å². The molecule has 1 heterocycles. The Labute approximate surface area is 134 Å². The summed E-state index contributed by atoms with van der Waals surface area (Å²) in [6.45, 7) is -0.198. The Balaban J connectivity index is 1.80. The third kappa shape index (κ3) is 6.72. The SMILES string of the molecule is O=S(=O)(C=Cc1ccccc1)NCC1CCN(CC(F)(F)F)C1. The van der Waals surface area contributed by atoms with Crippen LogP contribution in [-0.2, 0) is 10.0 Å². The molecule has 128 valence electrons. The first-order valence-electron chi connectivity index (χ1n) is 7.25. The zero-order valence-electron chi connectivity index (χ0n) is 12.5. The maximum atomic E-state index is 12.3. The second kappa shape index (κ2) is 7.46. The third-order valence-corrected chi connectivity index (χ3v) is 4.65. The number of nitrogens with zero attached hydrogens (tertiary/aromatic N) is 1. The van der Waals surface area contributed by atoms with Gasteiger partial charge in [0.2, 0.25) is 10.0 Å². The topological polar surface area (TPSA) is 49.4 Å². The van der Waals surface area contributed by atoms with Crippen molar-refractivity contribution in [2.45, 2.75) is 12.6 Å². The molecule has 0 bridgehead atoms. The molecule has 1 N–H and O–H groups in total. The van der Waals surface area contributed by atoms with E-state index in [2.05, 4.69) is 4.72 Å². The predicted octanol–water partition coefficient (Wildman–Crippen LogP) is 2.46. The lowest BCUT2D eigenvalue weighted by Crippen LogP contribution is -2.34. The standard InChI is InChI=1S/C15H19F3N2O2S/c16-15(17,18)12-20-8-6-14(11-20)10-19-23(21,22)9-7-13-4-2-1-3-5-13/h1-5,7,9,14,19H,6,8,10-12H2. The van der Waals surface area contributed by atoms with E-state index < -0.39 is 22.7 Å². The molecule has 4 nitrogen and oxygen atoms in total. The molecule has 0 aromatic heterocycles. The average Bonchev–Trinajstić information content (AvgIpc) is 2.90. The number of alkyl halides is 3. The monoisotopic (exact) mass is 348 g/mol. The lowest BCUT2D eigenvalue weighted by Gasteiger charge is -2.17. The zero-order chi connectivity index (χ0) is 16.9. The van der Waals surface area contributed by atoms with Gasteiger partial charge in [-0.1, -0.05) is 30.3 Å². The number of nitrogens with one attached hydrogen (secondary N) is 1. The first-order valence-corrected chi connectivity index (χ1v) is 8.80. The van der Waals surface area contributed by atoms with E-state index >= 15 is 0 Å². The van der Waals surface area contributed by atoms with Crippen LogP contribution in [0.1, 0.15) is 12.0 Å². The molecule has 0 amide bonds. The molecular weight excluding hydrogens is 329 g/mol. The Morgan fingerprint density at radius 2 is 1.96 bits per heavy atom. The lowest BCUT2D eigenvalue weighted by atomic mass is 10.1. The second-order valence-corrected chi connectivity index (χ2v) is 7.26. The fraction of sp³-hybridized carbons (Fsp3) is 0.467. The number of benzene rings is 1. The lowest BCUT2D eigenvalue weighted by molar-refractivity contribution is -0.143. The highest BCUT2D eigenvalue weighted by molar-refractivity contribution is 7.92. The Hall–Kier alpha value is -1.38. The van der Waals surface area contributed by atoms with Gasteiger partial charge in [-0.25, -0.2) is 13.1 Å². The number of halogens is 3. The van der Waals surface area contributed by atoms with Gasteiger partial charge in [-0.2, -0.15) is 13.2 Å². The minimum Gasteiger partial charge on any atom is -0.295 e. The normalized spacial score (nSPS) is 20.4. The highest BCUT2D eigenvalue weighted by atomic mass is 32.2. The molecule has 0 saturated carbocycles. The molecule has 1 atom stereocenters. The number of likely N-dealkylation sites (tertiary alicyclic amines) is 1. The predicted molar refractivity (Wildman–Crippen MR) is 83.0 cm³/mol. The van der Waals surface area contributed by atoms with Crippen LogP contribution in [-0.4, -0.2) is 45.7 Å². The van der Waals surface area contributed by atoms with Crippen LogP contribution in [0, 0.1) is 5.92 Å². The summed E-state index contributed by atoms with van der Waals surface area (Å²) < 4.78 is 63.1. The molecule has 1 saturated heterocycles. The van der Waals surface area contributed by atoms with Crippen LogP contribution in [0.3, 0.4) is 0 Å². The largest absolute Gasteiger partial charge is 0.401 e. The van der Waals surface area contributed by atoms with E-state index in [1.165, 1.54) is 11.0 Å². The van der Waals surface area contributed by atoms with Gasteiger partial charge in [-0.3, -0.25) is 4.90 Å². The van der Waals surface area contributed by atoms with Crippen LogP contribution in [0.5, 0.6) is 0 Å². The maximum Gasteiger partial charge on any atom is 0.401 e. The van der Waals surface area contributed by atoms with Gasteiger partial charge < -0.3 is 0 Å². The number of hydrogen-bond donors (Lipinski definition) is 1. The number of rotatable bonds is 6. The molecule has 1 unspecified atom stereocenters. The van der Waals surface area contributed by atoms with Crippen LogP contribution in [0.25, 0.3) is 6.08 Å². The van der Waals surface area contributed by atoms with Gasteiger partial charge in [0.05, 0.1) is 6.54 Å². The van der Waals surface area contributed by atoms with Gasteiger partial charge in [-0.15, -0.1) is 0 Å². The first kappa shape index (κ1) is 18.0. The van der Waals surface area contributed by atoms with Crippen molar-refractivity contribution in [2.75, 3.05) is 26.2 Å². The van der Waals surface area contributed by atoms with Crippen molar-refractivity contribution >= 4 is 16.1 Å². The second-order valence-electron chi connectivity index (χ2n) is 5.61. The first-order chi connectivity index (χ1) is 10.7. The smallest absolute Gasteiger partial charge is 0.295 e.